The number of sulfonamides is 1. The van der Waals surface area contributed by atoms with Gasteiger partial charge in [0.25, 0.3) is 10.0 Å². The second-order valence-corrected chi connectivity index (χ2v) is 7.91. The zero-order valence-corrected chi connectivity index (χ0v) is 15.1. The second kappa shape index (κ2) is 8.13. The molecular weight excluding hydrogens is 338 g/mol. The molecule has 0 radical (unpaired) electrons. The van der Waals surface area contributed by atoms with Gasteiger partial charge in [-0.1, -0.05) is 38.1 Å². The predicted octanol–water partition coefficient (Wildman–Crippen LogP) is 2.80. The van der Waals surface area contributed by atoms with E-state index in [2.05, 4.69) is 10.0 Å². The third kappa shape index (κ3) is 5.58. The number of carbonyl (C=O) groups excluding carboxylic acids is 1. The number of rotatable bonds is 7. The minimum Gasteiger partial charge on any atom is -0.325 e. The first-order chi connectivity index (χ1) is 11.8. The minimum atomic E-state index is -3.74. The summed E-state index contributed by atoms with van der Waals surface area (Å²) in [5.74, 6) is -0.0400. The van der Waals surface area contributed by atoms with Gasteiger partial charge in [0.05, 0.1) is 10.9 Å². The van der Waals surface area contributed by atoms with Crippen LogP contribution in [0.15, 0.2) is 59.5 Å². The average Bonchev–Trinajstić information content (AvgIpc) is 2.55. The van der Waals surface area contributed by atoms with Gasteiger partial charge in [0, 0.05) is 11.4 Å². The molecule has 0 saturated carbocycles. The molecule has 7 heteroatoms. The van der Waals surface area contributed by atoms with Crippen LogP contribution in [0.4, 0.5) is 11.4 Å². The van der Waals surface area contributed by atoms with Crippen molar-refractivity contribution < 1.29 is 13.2 Å². The molecule has 0 fully saturated rings. The standard InChI is InChI=1S/C18H23N3O3S/c1-13(2)11-17(19)18(22)20-15-9-6-10-16(12-15)25(23,24)21-14-7-4-3-5-8-14/h3-10,12-13,17,21H,11,19H2,1-2H3,(H,20,22)/t17-/m0/s1. The molecule has 1 atom stereocenters. The van der Waals surface area contributed by atoms with Crippen molar-refractivity contribution in [3.63, 3.8) is 0 Å². The molecule has 2 aromatic carbocycles. The van der Waals surface area contributed by atoms with Gasteiger partial charge >= 0.3 is 0 Å². The molecule has 0 saturated heterocycles. The summed E-state index contributed by atoms with van der Waals surface area (Å²) in [5, 5.41) is 2.67. The van der Waals surface area contributed by atoms with E-state index >= 15 is 0 Å². The fraction of sp³-hybridized carbons (Fsp3) is 0.278. The smallest absolute Gasteiger partial charge is 0.261 e. The second-order valence-electron chi connectivity index (χ2n) is 6.22. The average molecular weight is 361 g/mol. The Morgan fingerprint density at radius 1 is 1.04 bits per heavy atom. The summed E-state index contributed by atoms with van der Waals surface area (Å²) in [6, 6.07) is 14.0. The van der Waals surface area contributed by atoms with Crippen molar-refractivity contribution in [2.45, 2.75) is 31.2 Å². The molecule has 0 aliphatic carbocycles. The summed E-state index contributed by atoms with van der Waals surface area (Å²) in [4.78, 5) is 12.2. The topological polar surface area (TPSA) is 101 Å². The van der Waals surface area contributed by atoms with Crippen LogP contribution in [0.25, 0.3) is 0 Å². The normalized spacial score (nSPS) is 12.6. The summed E-state index contributed by atoms with van der Waals surface area (Å²) in [7, 11) is -3.74. The summed E-state index contributed by atoms with van der Waals surface area (Å²) in [5.41, 5.74) is 6.71. The van der Waals surface area contributed by atoms with Crippen LogP contribution in [0.5, 0.6) is 0 Å². The van der Waals surface area contributed by atoms with Crippen molar-refractivity contribution in [3.05, 3.63) is 54.6 Å². The molecule has 0 aliphatic heterocycles. The molecule has 0 aromatic heterocycles. The number of para-hydroxylation sites is 1. The number of nitrogens with two attached hydrogens (primary N) is 1. The van der Waals surface area contributed by atoms with Gasteiger partial charge in [-0.15, -0.1) is 0 Å². The SMILES string of the molecule is CC(C)C[C@H](N)C(=O)Nc1cccc(S(=O)(=O)Nc2ccccc2)c1. The zero-order chi connectivity index (χ0) is 18.4. The molecular formula is C18H23N3O3S. The molecule has 6 nitrogen and oxygen atoms in total. The maximum absolute atomic E-state index is 12.5. The van der Waals surface area contributed by atoms with Gasteiger partial charge in [-0.05, 0) is 42.7 Å². The molecule has 0 spiro atoms. The number of hydrogen-bond acceptors (Lipinski definition) is 4. The number of anilines is 2. The molecule has 25 heavy (non-hydrogen) atoms. The van der Waals surface area contributed by atoms with Crippen LogP contribution < -0.4 is 15.8 Å². The van der Waals surface area contributed by atoms with Crippen molar-refractivity contribution in [1.29, 1.82) is 0 Å². The molecule has 2 aromatic rings. The van der Waals surface area contributed by atoms with Gasteiger partial charge in [0.2, 0.25) is 5.91 Å². The number of nitrogens with one attached hydrogen (secondary N) is 2. The van der Waals surface area contributed by atoms with E-state index in [1.807, 2.05) is 13.8 Å². The lowest BCUT2D eigenvalue weighted by atomic mass is 10.0. The van der Waals surface area contributed by atoms with Crippen LogP contribution in [-0.4, -0.2) is 20.4 Å². The van der Waals surface area contributed by atoms with Crippen LogP contribution in [0, 0.1) is 5.92 Å². The molecule has 0 heterocycles. The number of benzene rings is 2. The van der Waals surface area contributed by atoms with Gasteiger partial charge in [0.15, 0.2) is 0 Å². The van der Waals surface area contributed by atoms with Gasteiger partial charge in [-0.2, -0.15) is 0 Å². The Morgan fingerprint density at radius 3 is 2.32 bits per heavy atom. The van der Waals surface area contributed by atoms with Crippen LogP contribution in [0.3, 0.4) is 0 Å². The first kappa shape index (κ1) is 19.0. The van der Waals surface area contributed by atoms with E-state index < -0.39 is 16.1 Å². The lowest BCUT2D eigenvalue weighted by molar-refractivity contribution is -0.117. The minimum absolute atomic E-state index is 0.0617. The van der Waals surface area contributed by atoms with Crippen molar-refractivity contribution in [1.82, 2.24) is 0 Å². The monoisotopic (exact) mass is 361 g/mol. The number of carbonyl (C=O) groups is 1. The Morgan fingerprint density at radius 2 is 1.68 bits per heavy atom. The first-order valence-electron chi connectivity index (χ1n) is 8.02. The Bertz CT molecular complexity index is 820. The van der Waals surface area contributed by atoms with E-state index in [1.54, 1.807) is 42.5 Å². The predicted molar refractivity (Wildman–Crippen MR) is 99.8 cm³/mol. The van der Waals surface area contributed by atoms with E-state index in [4.69, 9.17) is 5.73 Å². The van der Waals surface area contributed by atoms with Gasteiger partial charge in [-0.3, -0.25) is 9.52 Å². The van der Waals surface area contributed by atoms with Crippen LogP contribution in [0.2, 0.25) is 0 Å². The molecule has 1 amide bonds. The fourth-order valence-electron chi connectivity index (χ4n) is 2.31. The highest BCUT2D eigenvalue weighted by Gasteiger charge is 2.18. The Kier molecular flexibility index (Phi) is 6.17. The van der Waals surface area contributed by atoms with E-state index in [0.717, 1.165) is 0 Å². The molecule has 2 rings (SSSR count). The third-order valence-electron chi connectivity index (χ3n) is 3.50. The third-order valence-corrected chi connectivity index (χ3v) is 4.88. The zero-order valence-electron chi connectivity index (χ0n) is 14.3. The molecule has 4 N–H and O–H groups in total. The summed E-state index contributed by atoms with van der Waals surface area (Å²) in [6.07, 6.45) is 0.555. The fourth-order valence-corrected chi connectivity index (χ4v) is 3.42. The summed E-state index contributed by atoms with van der Waals surface area (Å²) < 4.78 is 27.4. The highest BCUT2D eigenvalue weighted by Crippen LogP contribution is 2.19. The highest BCUT2D eigenvalue weighted by atomic mass is 32.2. The van der Waals surface area contributed by atoms with Gasteiger partial charge < -0.3 is 11.1 Å². The van der Waals surface area contributed by atoms with Crippen LogP contribution in [-0.2, 0) is 14.8 Å². The van der Waals surface area contributed by atoms with Crippen LogP contribution >= 0.6 is 0 Å². The number of hydrogen-bond donors (Lipinski definition) is 3. The lowest BCUT2D eigenvalue weighted by Gasteiger charge is -2.15. The van der Waals surface area contributed by atoms with Crippen molar-refractivity contribution >= 4 is 27.3 Å². The molecule has 134 valence electrons. The molecule has 0 aliphatic rings. The van der Waals surface area contributed by atoms with Crippen LogP contribution in [0.1, 0.15) is 20.3 Å². The quantitative estimate of drug-likeness (QED) is 0.706. The summed E-state index contributed by atoms with van der Waals surface area (Å²) in [6.45, 7) is 3.96. The Balaban J connectivity index is 2.14. The Labute approximate surface area is 148 Å². The molecule has 0 bridgehead atoms. The maximum atomic E-state index is 12.5. The van der Waals surface area contributed by atoms with E-state index in [9.17, 15) is 13.2 Å². The Hall–Kier alpha value is -2.38. The van der Waals surface area contributed by atoms with Crippen molar-refractivity contribution in [3.8, 4) is 0 Å². The van der Waals surface area contributed by atoms with Crippen molar-refractivity contribution in [2.75, 3.05) is 10.0 Å². The largest absolute Gasteiger partial charge is 0.325 e. The van der Waals surface area contributed by atoms with Gasteiger partial charge in [-0.25, -0.2) is 8.42 Å². The first-order valence-corrected chi connectivity index (χ1v) is 9.50. The number of amides is 1. The van der Waals surface area contributed by atoms with E-state index in [0.29, 0.717) is 23.7 Å². The summed E-state index contributed by atoms with van der Waals surface area (Å²) >= 11 is 0. The van der Waals surface area contributed by atoms with E-state index in [-0.39, 0.29) is 10.8 Å². The van der Waals surface area contributed by atoms with Gasteiger partial charge in [0.1, 0.15) is 0 Å². The van der Waals surface area contributed by atoms with E-state index in [1.165, 1.54) is 12.1 Å². The maximum Gasteiger partial charge on any atom is 0.261 e. The molecule has 0 unspecified atom stereocenters. The lowest BCUT2D eigenvalue weighted by Crippen LogP contribution is -2.36. The highest BCUT2D eigenvalue weighted by molar-refractivity contribution is 7.92. The van der Waals surface area contributed by atoms with Crippen molar-refractivity contribution in [2.24, 2.45) is 11.7 Å².